The monoisotopic (exact) mass is 391 g/mol. The van der Waals surface area contributed by atoms with Gasteiger partial charge in [-0.1, -0.05) is 0 Å². The van der Waals surface area contributed by atoms with E-state index in [-0.39, 0.29) is 42.7 Å². The van der Waals surface area contributed by atoms with Gasteiger partial charge in [0.15, 0.2) is 0 Å². The highest BCUT2D eigenvalue weighted by molar-refractivity contribution is 5.95. The van der Waals surface area contributed by atoms with Crippen molar-refractivity contribution in [1.29, 1.82) is 0 Å². The third-order valence-corrected chi connectivity index (χ3v) is 3.80. The smallest absolute Gasteiger partial charge is 0.332 e. The van der Waals surface area contributed by atoms with Crippen LogP contribution in [0.15, 0.2) is 15.7 Å². The first kappa shape index (κ1) is 23.1. The van der Waals surface area contributed by atoms with Crippen molar-refractivity contribution in [3.63, 3.8) is 0 Å². The molecule has 0 aliphatic heterocycles. The summed E-state index contributed by atoms with van der Waals surface area (Å²) >= 11 is 0. The minimum absolute atomic E-state index is 0. The molecule has 0 aromatic carbocycles. The molecule has 0 unspecified atom stereocenters. The van der Waals surface area contributed by atoms with E-state index >= 15 is 0 Å². The van der Waals surface area contributed by atoms with Gasteiger partial charge >= 0.3 is 5.69 Å². The molecule has 0 saturated heterocycles. The summed E-state index contributed by atoms with van der Waals surface area (Å²) in [6, 6.07) is 1.54. The second kappa shape index (κ2) is 7.99. The summed E-state index contributed by atoms with van der Waals surface area (Å²) in [7, 11) is 2.93. The maximum atomic E-state index is 12.4. The molecule has 2 aromatic rings. The van der Waals surface area contributed by atoms with Crippen LogP contribution in [0.4, 0.5) is 0 Å². The Morgan fingerprint density at radius 3 is 2.32 bits per heavy atom. The maximum Gasteiger partial charge on any atom is 0.332 e. The quantitative estimate of drug-likeness (QED) is 0.778. The lowest BCUT2D eigenvalue weighted by Gasteiger charge is -2.24. The van der Waals surface area contributed by atoms with E-state index in [0.29, 0.717) is 10.9 Å². The van der Waals surface area contributed by atoms with Gasteiger partial charge in [-0.2, -0.15) is 0 Å². The highest BCUT2D eigenvalue weighted by Crippen LogP contribution is 2.13. The predicted octanol–water partition coefficient (Wildman–Crippen LogP) is 0.251. The van der Waals surface area contributed by atoms with Crippen molar-refractivity contribution < 1.29 is 4.79 Å². The lowest BCUT2D eigenvalue weighted by atomic mass is 10.1. The zero-order chi connectivity index (χ0) is 17.5. The molecule has 140 valence electrons. The van der Waals surface area contributed by atoms with Crippen LogP contribution in [0.2, 0.25) is 0 Å². The largest absolute Gasteiger partial charge is 0.345 e. The number of hydrogen-bond donors (Lipinski definition) is 2. The number of carbonyl (C=O) groups excluding carboxylic acids is 1. The summed E-state index contributed by atoms with van der Waals surface area (Å²) in [5.74, 6) is -0.404. The molecule has 2 aromatic heterocycles. The zero-order valence-electron chi connectivity index (χ0n) is 14.7. The van der Waals surface area contributed by atoms with Gasteiger partial charge in [-0.3, -0.25) is 18.7 Å². The molecular weight excluding hydrogens is 369 g/mol. The number of halogens is 2. The minimum atomic E-state index is -0.583. The van der Waals surface area contributed by atoms with E-state index in [1.807, 2.05) is 0 Å². The Hall–Kier alpha value is -1.90. The van der Waals surface area contributed by atoms with E-state index < -0.39 is 22.7 Å². The van der Waals surface area contributed by atoms with Gasteiger partial charge in [0.25, 0.3) is 11.5 Å². The van der Waals surface area contributed by atoms with Crippen LogP contribution in [0, 0.1) is 6.92 Å². The van der Waals surface area contributed by atoms with Crippen LogP contribution in [0.1, 0.15) is 29.9 Å². The van der Waals surface area contributed by atoms with E-state index in [2.05, 4.69) is 10.3 Å². The van der Waals surface area contributed by atoms with Crippen molar-refractivity contribution in [3.8, 4) is 0 Å². The van der Waals surface area contributed by atoms with Crippen LogP contribution in [-0.2, 0) is 14.1 Å². The Bertz CT molecular complexity index is 918. The third-order valence-electron chi connectivity index (χ3n) is 3.80. The fourth-order valence-corrected chi connectivity index (χ4v) is 2.27. The summed E-state index contributed by atoms with van der Waals surface area (Å²) in [5, 5.41) is 3.10. The van der Waals surface area contributed by atoms with E-state index in [9.17, 15) is 14.4 Å². The first-order chi connectivity index (χ1) is 10.6. The first-order valence-electron chi connectivity index (χ1n) is 7.19. The summed E-state index contributed by atoms with van der Waals surface area (Å²) in [4.78, 5) is 40.9. The third kappa shape index (κ3) is 4.20. The van der Waals surface area contributed by atoms with Crippen molar-refractivity contribution in [3.05, 3.63) is 38.2 Å². The Labute approximate surface area is 157 Å². The summed E-state index contributed by atoms with van der Waals surface area (Å²) < 4.78 is 2.28. The summed E-state index contributed by atoms with van der Waals surface area (Å²) in [6.45, 7) is 5.57. The number of carbonyl (C=O) groups is 1. The van der Waals surface area contributed by atoms with E-state index in [1.165, 1.54) is 24.7 Å². The first-order valence-corrected chi connectivity index (χ1v) is 7.19. The lowest BCUT2D eigenvalue weighted by Crippen LogP contribution is -2.49. The molecule has 0 bridgehead atoms. The van der Waals surface area contributed by atoms with Gasteiger partial charge in [0, 0.05) is 26.2 Å². The Balaban J connectivity index is 0.00000288. The number of nitrogens with zero attached hydrogens (tertiary/aromatic N) is 3. The molecule has 0 saturated carbocycles. The number of amides is 1. The van der Waals surface area contributed by atoms with Crippen LogP contribution in [-0.4, -0.2) is 32.1 Å². The second-order valence-corrected chi connectivity index (χ2v) is 6.27. The van der Waals surface area contributed by atoms with Gasteiger partial charge in [0.1, 0.15) is 11.3 Å². The molecule has 0 radical (unpaired) electrons. The number of aryl methyl sites for hydroxylation is 2. The van der Waals surface area contributed by atoms with E-state index in [4.69, 9.17) is 5.73 Å². The molecule has 2 rings (SSSR count). The molecule has 1 amide bonds. The fourth-order valence-electron chi connectivity index (χ4n) is 2.27. The normalized spacial score (nSPS) is 10.8. The summed E-state index contributed by atoms with van der Waals surface area (Å²) in [6.07, 6.45) is 0. The molecule has 0 spiro atoms. The maximum absolute atomic E-state index is 12.4. The van der Waals surface area contributed by atoms with Crippen LogP contribution >= 0.6 is 24.8 Å². The van der Waals surface area contributed by atoms with Gasteiger partial charge in [-0.25, -0.2) is 9.78 Å². The molecule has 0 atom stereocenters. The van der Waals surface area contributed by atoms with Crippen molar-refractivity contribution in [1.82, 2.24) is 19.4 Å². The molecular formula is C15H23Cl2N5O3. The molecule has 0 fully saturated rings. The Kier molecular flexibility index (Phi) is 7.38. The highest BCUT2D eigenvalue weighted by atomic mass is 35.5. The average Bonchev–Trinajstić information content (AvgIpc) is 2.49. The number of nitrogens with two attached hydrogens (primary N) is 1. The van der Waals surface area contributed by atoms with Gasteiger partial charge in [0.05, 0.1) is 5.39 Å². The molecule has 10 heteroatoms. The Morgan fingerprint density at radius 2 is 1.80 bits per heavy atom. The molecule has 2 heterocycles. The fraction of sp³-hybridized carbons (Fsp3) is 0.467. The number of fused-ring (bicyclic) bond motifs is 1. The number of nitrogens with one attached hydrogen (secondary N) is 1. The van der Waals surface area contributed by atoms with Crippen molar-refractivity contribution in [2.24, 2.45) is 19.8 Å². The minimum Gasteiger partial charge on any atom is -0.345 e. The lowest BCUT2D eigenvalue weighted by molar-refractivity contribution is 0.0911. The standard InChI is InChI=1S/C15H21N5O3.2ClH/c1-8-6-9(12(21)18-15(2,3)7-16)17-11-10(8)13(22)20(5)14(23)19(11)4;;/h6H,7,16H2,1-5H3,(H,18,21);2*1H. The second-order valence-electron chi connectivity index (χ2n) is 6.27. The average molecular weight is 392 g/mol. The molecule has 0 aliphatic rings. The molecule has 3 N–H and O–H groups in total. The van der Waals surface area contributed by atoms with Crippen LogP contribution in [0.3, 0.4) is 0 Å². The van der Waals surface area contributed by atoms with Crippen molar-refractivity contribution >= 4 is 41.8 Å². The van der Waals surface area contributed by atoms with Gasteiger partial charge in [0.2, 0.25) is 0 Å². The van der Waals surface area contributed by atoms with E-state index in [0.717, 1.165) is 4.57 Å². The zero-order valence-corrected chi connectivity index (χ0v) is 16.4. The van der Waals surface area contributed by atoms with E-state index in [1.54, 1.807) is 20.8 Å². The van der Waals surface area contributed by atoms with Crippen LogP contribution < -0.4 is 22.3 Å². The predicted molar refractivity (Wildman–Crippen MR) is 102 cm³/mol. The van der Waals surface area contributed by atoms with Crippen LogP contribution in [0.5, 0.6) is 0 Å². The molecule has 25 heavy (non-hydrogen) atoms. The molecule has 0 aliphatic carbocycles. The SMILES string of the molecule is Cc1cc(C(=O)NC(C)(C)CN)nc2c1c(=O)n(C)c(=O)n2C.Cl.Cl. The number of hydrogen-bond acceptors (Lipinski definition) is 5. The van der Waals surface area contributed by atoms with Gasteiger partial charge < -0.3 is 11.1 Å². The highest BCUT2D eigenvalue weighted by Gasteiger charge is 2.22. The number of rotatable bonds is 3. The topological polar surface area (TPSA) is 112 Å². The van der Waals surface area contributed by atoms with Crippen molar-refractivity contribution in [2.75, 3.05) is 6.54 Å². The van der Waals surface area contributed by atoms with Gasteiger partial charge in [-0.15, -0.1) is 24.8 Å². The molecule has 8 nitrogen and oxygen atoms in total. The van der Waals surface area contributed by atoms with Crippen LogP contribution in [0.25, 0.3) is 11.0 Å². The summed E-state index contributed by atoms with van der Waals surface area (Å²) in [5.41, 5.74) is 5.02. The van der Waals surface area contributed by atoms with Crippen molar-refractivity contribution in [2.45, 2.75) is 26.3 Å². The van der Waals surface area contributed by atoms with Gasteiger partial charge in [-0.05, 0) is 32.4 Å². The Morgan fingerprint density at radius 1 is 1.24 bits per heavy atom. The number of pyridine rings is 1. The number of aromatic nitrogens is 3.